The summed E-state index contributed by atoms with van der Waals surface area (Å²) in [7, 11) is 3.85. The predicted octanol–water partition coefficient (Wildman–Crippen LogP) is 0.955. The van der Waals surface area contributed by atoms with Crippen molar-refractivity contribution in [3.05, 3.63) is 0 Å². The second-order valence-corrected chi connectivity index (χ2v) is 4.56. The minimum absolute atomic E-state index is 0.257. The Morgan fingerprint density at radius 3 is 1.46 bits per heavy atom. The number of hydrogen-bond acceptors (Lipinski definition) is 3. The Hall–Kier alpha value is -0.120. The van der Waals surface area contributed by atoms with E-state index in [1.54, 1.807) is 0 Å². The molecule has 13 heavy (non-hydrogen) atoms. The van der Waals surface area contributed by atoms with E-state index in [1.807, 2.05) is 19.0 Å². The zero-order valence-corrected chi connectivity index (χ0v) is 9.67. The maximum atomic E-state index is 8.40. The van der Waals surface area contributed by atoms with E-state index in [2.05, 4.69) is 20.8 Å². The predicted molar refractivity (Wildman–Crippen MR) is 56.8 cm³/mol. The van der Waals surface area contributed by atoms with Gasteiger partial charge in [-0.15, -0.1) is 0 Å². The summed E-state index contributed by atoms with van der Waals surface area (Å²) < 4.78 is 0. The summed E-state index contributed by atoms with van der Waals surface area (Å²) in [5.41, 5.74) is 0.300. The average Bonchev–Trinajstić information content (AvgIpc) is 1.84. The lowest BCUT2D eigenvalue weighted by molar-refractivity contribution is 0.225. The molecule has 0 spiro atoms. The summed E-state index contributed by atoms with van der Waals surface area (Å²) in [6.45, 7) is 7.67. The Labute approximate surface area is 82.4 Å². The molecule has 0 saturated carbocycles. The number of nitrogens with zero attached hydrogens (tertiary/aromatic N) is 1. The molecule has 3 nitrogen and oxygen atoms in total. The zero-order chi connectivity index (χ0) is 10.9. The molecule has 0 aliphatic rings. The van der Waals surface area contributed by atoms with E-state index in [9.17, 15) is 0 Å². The first-order valence-corrected chi connectivity index (χ1v) is 4.70. The van der Waals surface area contributed by atoms with Gasteiger partial charge in [-0.25, -0.2) is 0 Å². The minimum atomic E-state index is 0.257. The second kappa shape index (κ2) is 8.48. The topological polar surface area (TPSA) is 43.7 Å². The summed E-state index contributed by atoms with van der Waals surface area (Å²) in [5, 5.41) is 16.6. The molecule has 0 aromatic carbocycles. The fourth-order valence-corrected chi connectivity index (χ4v) is 0.535. The third-order valence-corrected chi connectivity index (χ3v) is 1.41. The average molecular weight is 191 g/mol. The highest BCUT2D eigenvalue weighted by molar-refractivity contribution is 4.58. The van der Waals surface area contributed by atoms with Crippen LogP contribution in [0.15, 0.2) is 0 Å². The van der Waals surface area contributed by atoms with Gasteiger partial charge >= 0.3 is 0 Å². The fraction of sp³-hybridized carbons (Fsp3) is 1.00. The van der Waals surface area contributed by atoms with Crippen LogP contribution in [0.3, 0.4) is 0 Å². The lowest BCUT2D eigenvalue weighted by atomic mass is 9.93. The van der Waals surface area contributed by atoms with Crippen molar-refractivity contribution in [2.75, 3.05) is 33.9 Å². The van der Waals surface area contributed by atoms with Gasteiger partial charge in [0, 0.05) is 13.2 Å². The molecule has 2 N–H and O–H groups in total. The van der Waals surface area contributed by atoms with Crippen molar-refractivity contribution >= 4 is 0 Å². The highest BCUT2D eigenvalue weighted by Gasteiger charge is 2.06. The Bertz CT molecular complexity index is 97.6. The van der Waals surface area contributed by atoms with Gasteiger partial charge in [-0.2, -0.15) is 0 Å². The molecule has 0 fully saturated rings. The first kappa shape index (κ1) is 15.4. The molecule has 82 valence electrons. The van der Waals surface area contributed by atoms with Crippen LogP contribution in [-0.2, 0) is 0 Å². The molecule has 0 rings (SSSR count). The number of aliphatic hydroxyl groups excluding tert-OH is 2. The molecule has 0 radical (unpaired) electrons. The maximum absolute atomic E-state index is 8.40. The van der Waals surface area contributed by atoms with Crippen LogP contribution in [0.5, 0.6) is 0 Å². The Morgan fingerprint density at radius 2 is 1.46 bits per heavy atom. The molecule has 0 atom stereocenters. The minimum Gasteiger partial charge on any atom is -0.396 e. The molecular formula is C10H25NO2. The van der Waals surface area contributed by atoms with E-state index in [-0.39, 0.29) is 6.61 Å². The molecule has 0 heterocycles. The van der Waals surface area contributed by atoms with Crippen LogP contribution in [0.4, 0.5) is 0 Å². The molecule has 0 aliphatic carbocycles. The Kier molecular flexibility index (Phi) is 10.0. The number of aliphatic hydroxyl groups is 2. The van der Waals surface area contributed by atoms with Crippen LogP contribution in [0.25, 0.3) is 0 Å². The third kappa shape index (κ3) is 24.5. The van der Waals surface area contributed by atoms with Crippen molar-refractivity contribution in [3.8, 4) is 0 Å². The Morgan fingerprint density at radius 1 is 1.00 bits per heavy atom. The van der Waals surface area contributed by atoms with Gasteiger partial charge in [0.25, 0.3) is 0 Å². The van der Waals surface area contributed by atoms with E-state index in [1.165, 1.54) is 0 Å². The van der Waals surface area contributed by atoms with Gasteiger partial charge in [0.1, 0.15) is 0 Å². The summed E-state index contributed by atoms with van der Waals surface area (Å²) in [6, 6.07) is 0. The Balaban J connectivity index is 0. The van der Waals surface area contributed by atoms with E-state index in [0.29, 0.717) is 12.0 Å². The molecule has 0 aromatic heterocycles. The van der Waals surface area contributed by atoms with Gasteiger partial charge in [0.2, 0.25) is 0 Å². The standard InChI is InChI=1S/C6H14O.C4H11NO/c1-6(2,3)4-5-7;1-5(2)3-4-6/h7H,4-5H2,1-3H3;6H,3-4H2,1-2H3. The van der Waals surface area contributed by atoms with Crippen molar-refractivity contribution in [2.24, 2.45) is 5.41 Å². The molecule has 0 saturated heterocycles. The number of likely N-dealkylation sites (N-methyl/N-ethyl adjacent to an activating group) is 1. The number of hydrogen-bond donors (Lipinski definition) is 2. The van der Waals surface area contributed by atoms with Crippen LogP contribution in [0.1, 0.15) is 27.2 Å². The fourth-order valence-electron chi connectivity index (χ4n) is 0.535. The smallest absolute Gasteiger partial charge is 0.0558 e. The van der Waals surface area contributed by atoms with Crippen molar-refractivity contribution in [1.29, 1.82) is 0 Å². The monoisotopic (exact) mass is 191 g/mol. The van der Waals surface area contributed by atoms with Crippen molar-refractivity contribution in [2.45, 2.75) is 27.2 Å². The highest BCUT2D eigenvalue weighted by atomic mass is 16.3. The lowest BCUT2D eigenvalue weighted by Crippen LogP contribution is -2.15. The van der Waals surface area contributed by atoms with Crippen LogP contribution >= 0.6 is 0 Å². The first-order valence-electron chi connectivity index (χ1n) is 4.70. The van der Waals surface area contributed by atoms with Crippen LogP contribution in [0, 0.1) is 5.41 Å². The largest absolute Gasteiger partial charge is 0.396 e. The van der Waals surface area contributed by atoms with E-state index >= 15 is 0 Å². The van der Waals surface area contributed by atoms with Crippen molar-refractivity contribution in [3.63, 3.8) is 0 Å². The molecule has 0 aromatic rings. The SMILES string of the molecule is CC(C)(C)CCO.CN(C)CCO. The van der Waals surface area contributed by atoms with Crippen LogP contribution in [-0.4, -0.2) is 49.0 Å². The summed E-state index contributed by atoms with van der Waals surface area (Å²) in [4.78, 5) is 1.93. The van der Waals surface area contributed by atoms with Gasteiger partial charge in [0.05, 0.1) is 6.61 Å². The van der Waals surface area contributed by atoms with Gasteiger partial charge in [0.15, 0.2) is 0 Å². The molecule has 0 aliphatic heterocycles. The third-order valence-electron chi connectivity index (χ3n) is 1.41. The summed E-state index contributed by atoms with van der Waals surface area (Å²) >= 11 is 0. The van der Waals surface area contributed by atoms with E-state index in [4.69, 9.17) is 10.2 Å². The van der Waals surface area contributed by atoms with Gasteiger partial charge in [-0.05, 0) is 25.9 Å². The summed E-state index contributed by atoms with van der Waals surface area (Å²) in [6.07, 6.45) is 0.896. The van der Waals surface area contributed by atoms with Gasteiger partial charge in [-0.3, -0.25) is 0 Å². The first-order chi connectivity index (χ1) is 5.83. The maximum Gasteiger partial charge on any atom is 0.0558 e. The number of rotatable bonds is 3. The highest BCUT2D eigenvalue weighted by Crippen LogP contribution is 2.16. The van der Waals surface area contributed by atoms with Crippen molar-refractivity contribution < 1.29 is 10.2 Å². The second-order valence-electron chi connectivity index (χ2n) is 4.56. The van der Waals surface area contributed by atoms with E-state index < -0.39 is 0 Å². The summed E-state index contributed by atoms with van der Waals surface area (Å²) in [5.74, 6) is 0. The molecule has 0 amide bonds. The zero-order valence-electron chi connectivity index (χ0n) is 9.67. The van der Waals surface area contributed by atoms with Crippen LogP contribution in [0.2, 0.25) is 0 Å². The molecular weight excluding hydrogens is 166 g/mol. The quantitative estimate of drug-likeness (QED) is 0.698. The van der Waals surface area contributed by atoms with Crippen LogP contribution < -0.4 is 0 Å². The van der Waals surface area contributed by atoms with Gasteiger partial charge in [-0.1, -0.05) is 20.8 Å². The normalized spacial score (nSPS) is 11.1. The molecule has 0 unspecified atom stereocenters. The van der Waals surface area contributed by atoms with Crippen molar-refractivity contribution in [1.82, 2.24) is 4.90 Å². The van der Waals surface area contributed by atoms with E-state index in [0.717, 1.165) is 13.0 Å². The van der Waals surface area contributed by atoms with Gasteiger partial charge < -0.3 is 15.1 Å². The lowest BCUT2D eigenvalue weighted by Gasteiger charge is -2.14. The molecule has 0 bridgehead atoms. The molecule has 3 heteroatoms.